The van der Waals surface area contributed by atoms with E-state index in [1.807, 2.05) is 0 Å². The molecule has 13 heavy (non-hydrogen) atoms. The number of carboxylic acids is 1. The molecule has 0 aliphatic carbocycles. The van der Waals surface area contributed by atoms with Gasteiger partial charge in [0.2, 0.25) is 5.96 Å². The van der Waals surface area contributed by atoms with E-state index in [1.165, 1.54) is 0 Å². The Morgan fingerprint density at radius 3 is 3.23 bits per heavy atom. The molecule has 0 saturated heterocycles. The number of nitrogens with zero attached hydrogens (tertiary/aromatic N) is 3. The Labute approximate surface area is 74.4 Å². The summed E-state index contributed by atoms with van der Waals surface area (Å²) in [7, 11) is 0. The van der Waals surface area contributed by atoms with E-state index in [1.54, 1.807) is 29.5 Å². The van der Waals surface area contributed by atoms with Crippen molar-refractivity contribution in [2.24, 2.45) is 9.98 Å². The van der Waals surface area contributed by atoms with E-state index in [-0.39, 0.29) is 5.70 Å². The van der Waals surface area contributed by atoms with Crippen molar-refractivity contribution in [3.8, 4) is 0 Å². The van der Waals surface area contributed by atoms with Gasteiger partial charge in [-0.3, -0.25) is 0 Å². The van der Waals surface area contributed by atoms with Gasteiger partial charge in [0.25, 0.3) is 0 Å². The minimum atomic E-state index is -1.02. The Balaban J connectivity index is 2.30. The molecule has 0 atom stereocenters. The van der Waals surface area contributed by atoms with E-state index < -0.39 is 5.97 Å². The maximum absolute atomic E-state index is 10.6. The van der Waals surface area contributed by atoms with E-state index in [0.29, 0.717) is 12.5 Å². The third-order valence-corrected chi connectivity index (χ3v) is 1.72. The van der Waals surface area contributed by atoms with Gasteiger partial charge in [-0.2, -0.15) is 0 Å². The summed E-state index contributed by atoms with van der Waals surface area (Å²) in [5, 5.41) is 8.66. The summed E-state index contributed by atoms with van der Waals surface area (Å²) in [5.41, 5.74) is 0.0544. The normalized spacial score (nSPS) is 19.2. The fraction of sp³-hybridized carbons (Fsp3) is 0.125. The Kier molecular flexibility index (Phi) is 1.70. The van der Waals surface area contributed by atoms with E-state index in [2.05, 4.69) is 9.98 Å². The average molecular weight is 177 g/mol. The number of guanidine groups is 1. The largest absolute Gasteiger partial charge is 0.477 e. The minimum Gasteiger partial charge on any atom is -0.477 e. The van der Waals surface area contributed by atoms with Crippen molar-refractivity contribution >= 4 is 18.1 Å². The van der Waals surface area contributed by atoms with Crippen LogP contribution in [0.2, 0.25) is 0 Å². The zero-order chi connectivity index (χ0) is 9.26. The zero-order valence-corrected chi connectivity index (χ0v) is 6.71. The smallest absolute Gasteiger partial charge is 0.354 e. The maximum Gasteiger partial charge on any atom is 0.354 e. The van der Waals surface area contributed by atoms with Crippen LogP contribution in [0.3, 0.4) is 0 Å². The van der Waals surface area contributed by atoms with Crippen molar-refractivity contribution in [1.82, 2.24) is 4.90 Å². The van der Waals surface area contributed by atoms with Crippen molar-refractivity contribution in [2.75, 3.05) is 6.54 Å². The van der Waals surface area contributed by atoms with Gasteiger partial charge in [-0.05, 0) is 12.2 Å². The number of aliphatic imine (C=N–C) groups is 2. The third kappa shape index (κ3) is 1.35. The molecule has 2 heterocycles. The van der Waals surface area contributed by atoms with Gasteiger partial charge < -0.3 is 10.0 Å². The summed E-state index contributed by atoms with van der Waals surface area (Å²) < 4.78 is 0. The Hall–Kier alpha value is -1.91. The van der Waals surface area contributed by atoms with Gasteiger partial charge in [0, 0.05) is 19.0 Å². The molecule has 0 amide bonds. The first kappa shape index (κ1) is 7.72. The van der Waals surface area contributed by atoms with Crippen LogP contribution in [0, 0.1) is 0 Å². The summed E-state index contributed by atoms with van der Waals surface area (Å²) in [6.07, 6.45) is 6.72. The molecule has 0 spiro atoms. The molecule has 0 aromatic heterocycles. The second-order valence-corrected chi connectivity index (χ2v) is 2.58. The molecule has 5 nitrogen and oxygen atoms in total. The van der Waals surface area contributed by atoms with Crippen molar-refractivity contribution < 1.29 is 9.90 Å². The van der Waals surface area contributed by atoms with Crippen molar-refractivity contribution in [3.05, 3.63) is 24.0 Å². The van der Waals surface area contributed by atoms with E-state index in [9.17, 15) is 4.79 Å². The van der Waals surface area contributed by atoms with Crippen LogP contribution in [-0.2, 0) is 4.79 Å². The molecule has 0 aromatic carbocycles. The highest BCUT2D eigenvalue weighted by Gasteiger charge is 2.17. The molecular weight excluding hydrogens is 170 g/mol. The first-order chi connectivity index (χ1) is 6.27. The molecule has 0 bridgehead atoms. The standard InChI is InChI=1S/C8H7N3O2/c12-7(13)6-2-5-11-4-1-3-9-8(11)10-6/h1-4H,5H2,(H,12,13). The van der Waals surface area contributed by atoms with E-state index in [4.69, 9.17) is 5.11 Å². The quantitative estimate of drug-likeness (QED) is 0.623. The van der Waals surface area contributed by atoms with Crippen molar-refractivity contribution in [2.45, 2.75) is 0 Å². The first-order valence-corrected chi connectivity index (χ1v) is 3.77. The summed E-state index contributed by atoms with van der Waals surface area (Å²) in [4.78, 5) is 20.1. The Morgan fingerprint density at radius 1 is 1.62 bits per heavy atom. The lowest BCUT2D eigenvalue weighted by molar-refractivity contribution is -0.132. The summed E-state index contributed by atoms with van der Waals surface area (Å²) in [6.45, 7) is 0.508. The molecule has 0 saturated carbocycles. The van der Waals surface area contributed by atoms with Crippen molar-refractivity contribution in [3.63, 3.8) is 0 Å². The summed E-state index contributed by atoms with van der Waals surface area (Å²) in [6, 6.07) is 0. The number of fused-ring (bicyclic) bond motifs is 1. The zero-order valence-electron chi connectivity index (χ0n) is 6.71. The van der Waals surface area contributed by atoms with Crippen LogP contribution < -0.4 is 0 Å². The highest BCUT2D eigenvalue weighted by molar-refractivity contribution is 5.99. The second-order valence-electron chi connectivity index (χ2n) is 2.58. The molecule has 0 unspecified atom stereocenters. The number of hydrogen-bond acceptors (Lipinski definition) is 4. The third-order valence-electron chi connectivity index (χ3n) is 1.72. The maximum atomic E-state index is 10.6. The molecule has 5 heteroatoms. The molecule has 1 N–H and O–H groups in total. The minimum absolute atomic E-state index is 0.0544. The topological polar surface area (TPSA) is 65.3 Å². The lowest BCUT2D eigenvalue weighted by Crippen LogP contribution is -2.30. The van der Waals surface area contributed by atoms with Crippen LogP contribution in [0.25, 0.3) is 0 Å². The number of allylic oxidation sites excluding steroid dienone is 1. The lowest BCUT2D eigenvalue weighted by atomic mass is 10.3. The van der Waals surface area contributed by atoms with Gasteiger partial charge in [0.15, 0.2) is 0 Å². The molecule has 0 radical (unpaired) electrons. The van der Waals surface area contributed by atoms with E-state index in [0.717, 1.165) is 0 Å². The van der Waals surface area contributed by atoms with Crippen LogP contribution >= 0.6 is 0 Å². The molecular formula is C8H7N3O2. The van der Waals surface area contributed by atoms with Crippen molar-refractivity contribution in [1.29, 1.82) is 0 Å². The van der Waals surface area contributed by atoms with Crippen LogP contribution in [-0.4, -0.2) is 34.7 Å². The van der Waals surface area contributed by atoms with Crippen LogP contribution in [0.15, 0.2) is 34.0 Å². The second kappa shape index (κ2) is 2.85. The number of carboxylic acid groups (broad SMARTS) is 1. The molecule has 2 aliphatic rings. The van der Waals surface area contributed by atoms with Gasteiger partial charge in [-0.25, -0.2) is 14.8 Å². The predicted molar refractivity (Wildman–Crippen MR) is 47.5 cm³/mol. The summed E-state index contributed by atoms with van der Waals surface area (Å²) in [5.74, 6) is -0.584. The van der Waals surface area contributed by atoms with Gasteiger partial charge in [0.05, 0.1) is 0 Å². The SMILES string of the molecule is O=C(O)C1=CCN2C=CC=NC2=N1. The average Bonchev–Trinajstić information content (AvgIpc) is 2.17. The predicted octanol–water partition coefficient (Wildman–Crippen LogP) is 0.225. The molecule has 0 fully saturated rings. The summed E-state index contributed by atoms with van der Waals surface area (Å²) >= 11 is 0. The van der Waals surface area contributed by atoms with Crippen LogP contribution in [0.1, 0.15) is 0 Å². The Bertz CT molecular complexity index is 366. The monoisotopic (exact) mass is 177 g/mol. The lowest BCUT2D eigenvalue weighted by Gasteiger charge is -2.22. The van der Waals surface area contributed by atoms with Crippen LogP contribution in [0.5, 0.6) is 0 Å². The van der Waals surface area contributed by atoms with Gasteiger partial charge >= 0.3 is 5.97 Å². The highest BCUT2D eigenvalue weighted by Crippen LogP contribution is 2.11. The van der Waals surface area contributed by atoms with Gasteiger partial charge in [-0.15, -0.1) is 0 Å². The number of hydrogen-bond donors (Lipinski definition) is 1. The molecule has 2 rings (SSSR count). The molecule has 0 aromatic rings. The number of carbonyl (C=O) groups is 1. The Morgan fingerprint density at radius 2 is 2.46 bits per heavy atom. The first-order valence-electron chi connectivity index (χ1n) is 3.77. The molecule has 66 valence electrons. The van der Waals surface area contributed by atoms with Crippen LogP contribution in [0.4, 0.5) is 0 Å². The molecule has 2 aliphatic heterocycles. The number of aliphatic carboxylic acids is 1. The van der Waals surface area contributed by atoms with Gasteiger partial charge in [-0.1, -0.05) is 0 Å². The highest BCUT2D eigenvalue weighted by atomic mass is 16.4. The van der Waals surface area contributed by atoms with Gasteiger partial charge in [0.1, 0.15) is 5.70 Å². The number of rotatable bonds is 1. The fourth-order valence-corrected chi connectivity index (χ4v) is 1.10. The fourth-order valence-electron chi connectivity index (χ4n) is 1.10. The van der Waals surface area contributed by atoms with E-state index >= 15 is 0 Å².